The molecule has 0 saturated carbocycles. The van der Waals surface area contributed by atoms with E-state index in [1.807, 2.05) is 54.6 Å². The molecule has 1 atom stereocenters. The maximum atomic E-state index is 13.1. The molecule has 1 aliphatic carbocycles. The summed E-state index contributed by atoms with van der Waals surface area (Å²) in [5, 5.41) is 8.19. The van der Waals surface area contributed by atoms with Gasteiger partial charge in [-0.25, -0.2) is 4.79 Å². The van der Waals surface area contributed by atoms with Gasteiger partial charge in [0.25, 0.3) is 0 Å². The fourth-order valence-corrected chi connectivity index (χ4v) is 5.05. The van der Waals surface area contributed by atoms with Crippen molar-refractivity contribution in [2.75, 3.05) is 26.2 Å². The summed E-state index contributed by atoms with van der Waals surface area (Å²) in [6.07, 6.45) is 3.45. The highest BCUT2D eigenvalue weighted by Crippen LogP contribution is 2.44. The third-order valence-corrected chi connectivity index (χ3v) is 7.11. The van der Waals surface area contributed by atoms with E-state index in [-0.39, 0.29) is 31.4 Å². The minimum Gasteiger partial charge on any atom is -0.449 e. The van der Waals surface area contributed by atoms with Crippen LogP contribution in [-0.2, 0) is 20.7 Å². The third kappa shape index (κ3) is 7.93. The number of hydrogen-bond acceptors (Lipinski definition) is 5. The number of unbranched alkanes of at least 4 members (excludes halogenated alkanes) is 3. The molecule has 0 aromatic heterocycles. The Hall–Kier alpha value is -4.17. The van der Waals surface area contributed by atoms with Crippen molar-refractivity contribution >= 4 is 17.9 Å². The van der Waals surface area contributed by atoms with Crippen LogP contribution in [0, 0.1) is 0 Å². The van der Waals surface area contributed by atoms with Crippen LogP contribution in [0.15, 0.2) is 78.9 Å². The molecule has 0 unspecified atom stereocenters. The van der Waals surface area contributed by atoms with Crippen molar-refractivity contribution in [3.8, 4) is 11.1 Å². The van der Waals surface area contributed by atoms with Crippen molar-refractivity contribution in [3.05, 3.63) is 95.6 Å². The highest BCUT2D eigenvalue weighted by Gasteiger charge is 2.30. The highest BCUT2D eigenvalue weighted by atomic mass is 16.5. The van der Waals surface area contributed by atoms with E-state index < -0.39 is 18.0 Å². The lowest BCUT2D eigenvalue weighted by Gasteiger charge is -2.20. The van der Waals surface area contributed by atoms with Gasteiger partial charge in [-0.2, -0.15) is 0 Å². The molecule has 0 heterocycles. The molecule has 0 aliphatic heterocycles. The summed E-state index contributed by atoms with van der Waals surface area (Å²) in [4.78, 5) is 38.2. The molecule has 8 heteroatoms. The lowest BCUT2D eigenvalue weighted by molar-refractivity contribution is -0.127. The number of amides is 3. The van der Waals surface area contributed by atoms with Gasteiger partial charge in [0.1, 0.15) is 12.6 Å². The Balaban J connectivity index is 1.32. The van der Waals surface area contributed by atoms with Crippen LogP contribution >= 0.6 is 0 Å². The average Bonchev–Trinajstić information content (AvgIpc) is 3.30. The Morgan fingerprint density at radius 2 is 1.40 bits per heavy atom. The number of rotatable bonds is 14. The largest absolute Gasteiger partial charge is 0.449 e. The molecule has 40 heavy (non-hydrogen) atoms. The first kappa shape index (κ1) is 28.8. The molecule has 0 spiro atoms. The molecular weight excluding hydrogens is 504 g/mol. The monoisotopic (exact) mass is 542 g/mol. The molecule has 8 nitrogen and oxygen atoms in total. The second kappa shape index (κ2) is 14.8. The Morgan fingerprint density at radius 1 is 0.775 bits per heavy atom. The third-order valence-electron chi connectivity index (χ3n) is 7.11. The van der Waals surface area contributed by atoms with E-state index in [1.54, 1.807) is 0 Å². The summed E-state index contributed by atoms with van der Waals surface area (Å²) >= 11 is 0. The minimum atomic E-state index is -0.901. The second-order valence-corrected chi connectivity index (χ2v) is 9.98. The Bertz CT molecular complexity index is 1240. The number of nitrogens with two attached hydrogens (primary N) is 1. The van der Waals surface area contributed by atoms with Gasteiger partial charge in [-0.3, -0.25) is 9.59 Å². The number of hydrogen-bond donors (Lipinski definition) is 4. The molecule has 3 amide bonds. The molecule has 210 valence electrons. The van der Waals surface area contributed by atoms with E-state index in [0.29, 0.717) is 13.1 Å². The van der Waals surface area contributed by atoms with Gasteiger partial charge in [0.2, 0.25) is 11.8 Å². The number of carbonyl (C=O) groups excluding carboxylic acids is 3. The number of nitrogens with one attached hydrogen (secondary N) is 3. The first-order valence-electron chi connectivity index (χ1n) is 14.0. The number of carbonyl (C=O) groups is 3. The van der Waals surface area contributed by atoms with Crippen LogP contribution in [0.4, 0.5) is 4.79 Å². The number of benzene rings is 3. The molecule has 0 radical (unpaired) electrons. The van der Waals surface area contributed by atoms with E-state index in [2.05, 4.69) is 40.2 Å². The van der Waals surface area contributed by atoms with Crippen molar-refractivity contribution < 1.29 is 19.1 Å². The van der Waals surface area contributed by atoms with E-state index in [4.69, 9.17) is 10.5 Å². The standard InChI is InChI=1S/C32H38N4O4/c33-18-10-1-2-11-19-34-30(37)21-35-31(38)29(20-23-12-4-3-5-13-23)36-32(39)40-22-28-26-16-8-6-14-24(26)25-15-7-9-17-27(25)28/h3-9,12-17,28-29H,1-2,10-11,18-22,33H2,(H,34,37)(H,35,38)(H,36,39)/t29-/m0/s1. The van der Waals surface area contributed by atoms with Gasteiger partial charge in [0.05, 0.1) is 6.54 Å². The van der Waals surface area contributed by atoms with Crippen LogP contribution < -0.4 is 21.7 Å². The van der Waals surface area contributed by atoms with Crippen LogP contribution in [0.25, 0.3) is 11.1 Å². The van der Waals surface area contributed by atoms with Crippen molar-refractivity contribution in [2.24, 2.45) is 5.73 Å². The van der Waals surface area contributed by atoms with E-state index in [0.717, 1.165) is 53.5 Å². The SMILES string of the molecule is NCCCCCCNC(=O)CNC(=O)[C@H](Cc1ccccc1)NC(=O)OCC1c2ccccc2-c2ccccc21. The minimum absolute atomic E-state index is 0.0847. The van der Waals surface area contributed by atoms with Crippen molar-refractivity contribution in [2.45, 2.75) is 44.1 Å². The van der Waals surface area contributed by atoms with Gasteiger partial charge in [0, 0.05) is 18.9 Å². The van der Waals surface area contributed by atoms with Crippen molar-refractivity contribution in [1.29, 1.82) is 0 Å². The lowest BCUT2D eigenvalue weighted by Crippen LogP contribution is -2.50. The summed E-state index contributed by atoms with van der Waals surface area (Å²) in [7, 11) is 0. The number of ether oxygens (including phenoxy) is 1. The molecule has 4 rings (SSSR count). The molecule has 5 N–H and O–H groups in total. The number of alkyl carbamates (subject to hydrolysis) is 1. The highest BCUT2D eigenvalue weighted by molar-refractivity contribution is 5.89. The normalized spacial score (nSPS) is 12.6. The Morgan fingerprint density at radius 3 is 2.08 bits per heavy atom. The van der Waals surface area contributed by atoms with Crippen LogP contribution in [-0.4, -0.2) is 50.2 Å². The Kier molecular flexibility index (Phi) is 10.7. The maximum absolute atomic E-state index is 13.1. The van der Waals surface area contributed by atoms with Crippen LogP contribution in [0.5, 0.6) is 0 Å². The molecule has 3 aromatic rings. The second-order valence-electron chi connectivity index (χ2n) is 9.98. The fraction of sp³-hybridized carbons (Fsp3) is 0.344. The molecule has 0 bridgehead atoms. The fourth-order valence-electron chi connectivity index (χ4n) is 5.05. The van der Waals surface area contributed by atoms with Gasteiger partial charge >= 0.3 is 6.09 Å². The quantitative estimate of drug-likeness (QED) is 0.230. The average molecular weight is 543 g/mol. The molecule has 0 saturated heterocycles. The summed E-state index contributed by atoms with van der Waals surface area (Å²) in [6.45, 7) is 1.20. The van der Waals surface area contributed by atoms with E-state index >= 15 is 0 Å². The van der Waals surface area contributed by atoms with Crippen LogP contribution in [0.1, 0.15) is 48.3 Å². The lowest BCUT2D eigenvalue weighted by atomic mass is 9.98. The topological polar surface area (TPSA) is 123 Å². The zero-order valence-electron chi connectivity index (χ0n) is 22.7. The van der Waals surface area contributed by atoms with Gasteiger partial charge in [0.15, 0.2) is 0 Å². The molecular formula is C32H38N4O4. The zero-order chi connectivity index (χ0) is 28.2. The van der Waals surface area contributed by atoms with Crippen LogP contribution in [0.2, 0.25) is 0 Å². The van der Waals surface area contributed by atoms with Gasteiger partial charge in [-0.05, 0) is 47.2 Å². The predicted molar refractivity (Wildman–Crippen MR) is 156 cm³/mol. The predicted octanol–water partition coefficient (Wildman–Crippen LogP) is 3.89. The Labute approximate surface area is 235 Å². The summed E-state index contributed by atoms with van der Waals surface area (Å²) in [6, 6.07) is 24.7. The maximum Gasteiger partial charge on any atom is 0.407 e. The summed E-state index contributed by atoms with van der Waals surface area (Å²) < 4.78 is 5.66. The summed E-state index contributed by atoms with van der Waals surface area (Å²) in [5.41, 5.74) is 10.9. The van der Waals surface area contributed by atoms with E-state index in [1.165, 1.54) is 0 Å². The van der Waals surface area contributed by atoms with Crippen molar-refractivity contribution in [3.63, 3.8) is 0 Å². The van der Waals surface area contributed by atoms with Crippen LogP contribution in [0.3, 0.4) is 0 Å². The molecule has 3 aromatic carbocycles. The van der Waals surface area contributed by atoms with Crippen molar-refractivity contribution in [1.82, 2.24) is 16.0 Å². The van der Waals surface area contributed by atoms with E-state index in [9.17, 15) is 14.4 Å². The first-order valence-corrected chi connectivity index (χ1v) is 14.0. The summed E-state index contributed by atoms with van der Waals surface area (Å²) in [5.74, 6) is -0.805. The first-order chi connectivity index (χ1) is 19.6. The van der Waals surface area contributed by atoms with Gasteiger partial charge in [-0.1, -0.05) is 91.7 Å². The van der Waals surface area contributed by atoms with Gasteiger partial charge < -0.3 is 26.4 Å². The van der Waals surface area contributed by atoms with Gasteiger partial charge in [-0.15, -0.1) is 0 Å². The molecule has 0 fully saturated rings. The number of fused-ring (bicyclic) bond motifs is 3. The smallest absolute Gasteiger partial charge is 0.407 e. The molecule has 1 aliphatic rings. The zero-order valence-corrected chi connectivity index (χ0v) is 22.7.